The van der Waals surface area contributed by atoms with Gasteiger partial charge in [0.2, 0.25) is 0 Å². The van der Waals surface area contributed by atoms with Crippen LogP contribution in [0.15, 0.2) is 22.7 Å². The summed E-state index contributed by atoms with van der Waals surface area (Å²) in [5.74, 6) is 0. The molecule has 106 valence electrons. The Morgan fingerprint density at radius 1 is 1.30 bits per heavy atom. The molecule has 0 unspecified atom stereocenters. The zero-order valence-electron chi connectivity index (χ0n) is 12.0. The van der Waals surface area contributed by atoms with E-state index in [1.54, 1.807) is 0 Å². The Kier molecular flexibility index (Phi) is 3.94. The molecule has 0 amide bonds. The normalized spacial score (nSPS) is 13.8. The van der Waals surface area contributed by atoms with Gasteiger partial charge >= 0.3 is 0 Å². The van der Waals surface area contributed by atoms with E-state index < -0.39 is 0 Å². The second-order valence-electron chi connectivity index (χ2n) is 5.42. The van der Waals surface area contributed by atoms with Gasteiger partial charge in [-0.25, -0.2) is 0 Å². The number of hydrogen-bond donors (Lipinski definition) is 1. The van der Waals surface area contributed by atoms with E-state index in [9.17, 15) is 0 Å². The van der Waals surface area contributed by atoms with Gasteiger partial charge in [-0.3, -0.25) is 4.68 Å². The number of fused-ring (bicyclic) bond motifs is 1. The molecule has 0 spiro atoms. The molecule has 3 rings (SSSR count). The molecule has 1 aliphatic rings. The lowest BCUT2D eigenvalue weighted by molar-refractivity contribution is 0.681. The van der Waals surface area contributed by atoms with E-state index in [0.717, 1.165) is 23.1 Å². The zero-order chi connectivity index (χ0) is 14.1. The van der Waals surface area contributed by atoms with Crippen molar-refractivity contribution in [1.82, 2.24) is 15.1 Å². The van der Waals surface area contributed by atoms with E-state index in [4.69, 9.17) is 5.10 Å². The van der Waals surface area contributed by atoms with Crippen molar-refractivity contribution in [1.29, 1.82) is 0 Å². The highest BCUT2D eigenvalue weighted by molar-refractivity contribution is 9.10. The van der Waals surface area contributed by atoms with Crippen LogP contribution >= 0.6 is 15.9 Å². The molecule has 4 heteroatoms. The van der Waals surface area contributed by atoms with Crippen molar-refractivity contribution in [2.24, 2.45) is 7.05 Å². The predicted molar refractivity (Wildman–Crippen MR) is 86.0 cm³/mol. The molecule has 3 nitrogen and oxygen atoms in total. The highest BCUT2D eigenvalue weighted by Crippen LogP contribution is 2.33. The first kappa shape index (κ1) is 13.8. The number of nitrogens with zero attached hydrogens (tertiary/aromatic N) is 2. The molecule has 0 saturated heterocycles. The third kappa shape index (κ3) is 2.42. The van der Waals surface area contributed by atoms with Crippen LogP contribution in [0.5, 0.6) is 0 Å². The van der Waals surface area contributed by atoms with Crippen molar-refractivity contribution >= 4 is 15.9 Å². The predicted octanol–water partition coefficient (Wildman–Crippen LogP) is 3.10. The van der Waals surface area contributed by atoms with Gasteiger partial charge in [0.25, 0.3) is 0 Å². The van der Waals surface area contributed by atoms with Crippen LogP contribution in [0.25, 0.3) is 11.3 Å². The lowest BCUT2D eigenvalue weighted by Gasteiger charge is -2.03. The molecular weight excluding hydrogens is 314 g/mol. The highest BCUT2D eigenvalue weighted by atomic mass is 79.9. The SMILES string of the molecule is CNCCc1c(Br)c(-c2ccc3c(c2)CCC3)nn1C. The fourth-order valence-electron chi connectivity index (χ4n) is 2.95. The summed E-state index contributed by atoms with van der Waals surface area (Å²) in [4.78, 5) is 0. The Labute approximate surface area is 128 Å². The summed E-state index contributed by atoms with van der Waals surface area (Å²) >= 11 is 3.74. The average Bonchev–Trinajstić information content (AvgIpc) is 3.01. The third-order valence-electron chi connectivity index (χ3n) is 4.09. The number of likely N-dealkylation sites (N-methyl/N-ethyl adjacent to an activating group) is 1. The second-order valence-corrected chi connectivity index (χ2v) is 6.22. The van der Waals surface area contributed by atoms with Gasteiger partial charge in [-0.1, -0.05) is 12.1 Å². The summed E-state index contributed by atoms with van der Waals surface area (Å²) in [5, 5.41) is 7.89. The summed E-state index contributed by atoms with van der Waals surface area (Å²) in [5.41, 5.74) is 6.54. The fraction of sp³-hybridized carbons (Fsp3) is 0.438. The van der Waals surface area contributed by atoms with E-state index in [1.807, 2.05) is 18.8 Å². The number of aryl methyl sites for hydroxylation is 3. The van der Waals surface area contributed by atoms with Crippen LogP contribution in [-0.4, -0.2) is 23.4 Å². The van der Waals surface area contributed by atoms with Crippen molar-refractivity contribution < 1.29 is 0 Å². The maximum Gasteiger partial charge on any atom is 0.107 e. The Hall–Kier alpha value is -1.13. The smallest absolute Gasteiger partial charge is 0.107 e. The molecule has 1 N–H and O–H groups in total. The molecule has 20 heavy (non-hydrogen) atoms. The highest BCUT2D eigenvalue weighted by Gasteiger charge is 2.17. The van der Waals surface area contributed by atoms with Crippen LogP contribution < -0.4 is 5.32 Å². The van der Waals surface area contributed by atoms with E-state index in [2.05, 4.69) is 39.4 Å². The number of halogens is 1. The van der Waals surface area contributed by atoms with E-state index in [1.165, 1.54) is 41.6 Å². The van der Waals surface area contributed by atoms with Gasteiger partial charge in [0, 0.05) is 25.6 Å². The molecule has 0 fully saturated rings. The van der Waals surface area contributed by atoms with Gasteiger partial charge in [0.15, 0.2) is 0 Å². The number of rotatable bonds is 4. The van der Waals surface area contributed by atoms with Gasteiger partial charge in [0.05, 0.1) is 10.2 Å². The lowest BCUT2D eigenvalue weighted by Crippen LogP contribution is -2.12. The Morgan fingerprint density at radius 2 is 2.10 bits per heavy atom. The quantitative estimate of drug-likeness (QED) is 0.931. The lowest BCUT2D eigenvalue weighted by atomic mass is 10.0. The number of hydrogen-bond acceptors (Lipinski definition) is 2. The number of nitrogens with one attached hydrogen (secondary N) is 1. The third-order valence-corrected chi connectivity index (χ3v) is 4.92. The van der Waals surface area contributed by atoms with Crippen LogP contribution in [0, 0.1) is 0 Å². The van der Waals surface area contributed by atoms with Gasteiger partial charge in [-0.15, -0.1) is 0 Å². The summed E-state index contributed by atoms with van der Waals surface area (Å²) in [6.45, 7) is 0.960. The maximum absolute atomic E-state index is 4.70. The summed E-state index contributed by atoms with van der Waals surface area (Å²) in [6, 6.07) is 6.79. The fourth-order valence-corrected chi connectivity index (χ4v) is 3.71. The first-order chi connectivity index (χ1) is 9.70. The number of aromatic nitrogens is 2. The monoisotopic (exact) mass is 333 g/mol. The van der Waals surface area contributed by atoms with Crippen molar-refractivity contribution in [3.8, 4) is 11.3 Å². The molecule has 0 saturated carbocycles. The van der Waals surface area contributed by atoms with Crippen molar-refractivity contribution in [3.05, 3.63) is 39.5 Å². The Morgan fingerprint density at radius 3 is 2.90 bits per heavy atom. The first-order valence-corrected chi connectivity index (χ1v) is 7.98. The maximum atomic E-state index is 4.70. The van der Waals surface area contributed by atoms with Gasteiger partial charge in [-0.05, 0) is 59.4 Å². The Bertz CT molecular complexity index is 631. The topological polar surface area (TPSA) is 29.9 Å². The number of benzene rings is 1. The molecule has 2 aromatic rings. The van der Waals surface area contributed by atoms with Crippen molar-refractivity contribution in [2.45, 2.75) is 25.7 Å². The standard InChI is InChI=1S/C16H20BrN3/c1-18-9-8-14-15(17)16(19-20(14)2)13-7-6-11-4-3-5-12(11)10-13/h6-7,10,18H,3-5,8-9H2,1-2H3. The first-order valence-electron chi connectivity index (χ1n) is 7.19. The van der Waals surface area contributed by atoms with Gasteiger partial charge in [-0.2, -0.15) is 5.10 Å². The summed E-state index contributed by atoms with van der Waals surface area (Å²) in [7, 11) is 4.00. The van der Waals surface area contributed by atoms with Crippen LogP contribution in [0.2, 0.25) is 0 Å². The van der Waals surface area contributed by atoms with Crippen LogP contribution in [0.4, 0.5) is 0 Å². The summed E-state index contributed by atoms with van der Waals surface area (Å²) in [6.07, 6.45) is 4.70. The molecule has 1 heterocycles. The minimum atomic E-state index is 0.960. The second kappa shape index (κ2) is 5.70. The van der Waals surface area contributed by atoms with Gasteiger partial charge in [0.1, 0.15) is 5.69 Å². The molecule has 1 aromatic heterocycles. The van der Waals surface area contributed by atoms with E-state index >= 15 is 0 Å². The van der Waals surface area contributed by atoms with Crippen LogP contribution in [0.3, 0.4) is 0 Å². The molecule has 1 aromatic carbocycles. The van der Waals surface area contributed by atoms with Crippen LogP contribution in [-0.2, 0) is 26.3 Å². The van der Waals surface area contributed by atoms with Crippen molar-refractivity contribution in [3.63, 3.8) is 0 Å². The van der Waals surface area contributed by atoms with Crippen LogP contribution in [0.1, 0.15) is 23.2 Å². The van der Waals surface area contributed by atoms with Crippen molar-refractivity contribution in [2.75, 3.05) is 13.6 Å². The molecule has 0 bridgehead atoms. The zero-order valence-corrected chi connectivity index (χ0v) is 13.6. The minimum absolute atomic E-state index is 0.960. The molecule has 0 aliphatic heterocycles. The summed E-state index contributed by atoms with van der Waals surface area (Å²) < 4.78 is 3.12. The largest absolute Gasteiger partial charge is 0.319 e. The van der Waals surface area contributed by atoms with E-state index in [-0.39, 0.29) is 0 Å². The van der Waals surface area contributed by atoms with Gasteiger partial charge < -0.3 is 5.32 Å². The Balaban J connectivity index is 1.98. The molecule has 0 atom stereocenters. The molecular formula is C16H20BrN3. The van der Waals surface area contributed by atoms with E-state index in [0.29, 0.717) is 0 Å². The molecule has 1 aliphatic carbocycles. The molecule has 0 radical (unpaired) electrons. The average molecular weight is 334 g/mol. The minimum Gasteiger partial charge on any atom is -0.319 e.